The van der Waals surface area contributed by atoms with Crippen molar-refractivity contribution >= 4 is 35.8 Å². The molecule has 0 unspecified atom stereocenters. The molecule has 3 rings (SSSR count). The van der Waals surface area contributed by atoms with Crippen LogP contribution in [0.2, 0.25) is 0 Å². The van der Waals surface area contributed by atoms with Gasteiger partial charge in [-0.3, -0.25) is 4.79 Å². The minimum absolute atomic E-state index is 0. The number of nitrogens with one attached hydrogen (secondary N) is 3. The highest BCUT2D eigenvalue weighted by molar-refractivity contribution is 14.0. The first-order valence-corrected chi connectivity index (χ1v) is 11.3. The fourth-order valence-electron chi connectivity index (χ4n) is 3.76. The third-order valence-corrected chi connectivity index (χ3v) is 5.52. The standard InChI is InChI=1S/C25H34N4O3.HI/c1-4-27-25(28-16-18-12-14-19(15-13-18)24(30)26-2)29-17-20-8-7-11-22(31-3)23(20)32-21-9-5-6-10-21;/h7-8,11-15,21H,4-6,9-10,16-17H2,1-3H3,(H,26,30)(H2,27,28,29);1H. The number of guanidine groups is 1. The third kappa shape index (κ3) is 7.80. The second-order valence-corrected chi connectivity index (χ2v) is 7.80. The van der Waals surface area contributed by atoms with Gasteiger partial charge in [0.25, 0.3) is 5.91 Å². The van der Waals surface area contributed by atoms with Crippen molar-refractivity contribution in [3.8, 4) is 11.5 Å². The number of benzene rings is 2. The van der Waals surface area contributed by atoms with Crippen LogP contribution in [0.3, 0.4) is 0 Å². The zero-order valence-electron chi connectivity index (χ0n) is 19.6. The molecule has 2 aromatic rings. The summed E-state index contributed by atoms with van der Waals surface area (Å²) in [5.74, 6) is 2.20. The topological polar surface area (TPSA) is 84.0 Å². The molecule has 0 heterocycles. The maximum absolute atomic E-state index is 11.7. The average molecular weight is 566 g/mol. The molecule has 1 fully saturated rings. The van der Waals surface area contributed by atoms with E-state index in [2.05, 4.69) is 22.0 Å². The molecule has 1 aliphatic carbocycles. The largest absolute Gasteiger partial charge is 0.493 e. The highest BCUT2D eigenvalue weighted by Crippen LogP contribution is 2.34. The molecular weight excluding hydrogens is 531 g/mol. The van der Waals surface area contributed by atoms with Crippen LogP contribution in [-0.4, -0.2) is 38.7 Å². The summed E-state index contributed by atoms with van der Waals surface area (Å²) in [5.41, 5.74) is 2.70. The van der Waals surface area contributed by atoms with E-state index >= 15 is 0 Å². The lowest BCUT2D eigenvalue weighted by Gasteiger charge is -2.20. The van der Waals surface area contributed by atoms with Crippen LogP contribution < -0.4 is 25.4 Å². The van der Waals surface area contributed by atoms with Crippen molar-refractivity contribution in [2.24, 2.45) is 4.99 Å². The van der Waals surface area contributed by atoms with Crippen LogP contribution in [0.4, 0.5) is 0 Å². The molecule has 7 nitrogen and oxygen atoms in total. The number of hydrogen-bond donors (Lipinski definition) is 3. The summed E-state index contributed by atoms with van der Waals surface area (Å²) < 4.78 is 11.9. The van der Waals surface area contributed by atoms with Gasteiger partial charge in [-0.1, -0.05) is 24.3 Å². The lowest BCUT2D eigenvalue weighted by Crippen LogP contribution is -2.37. The van der Waals surface area contributed by atoms with Crippen LogP contribution >= 0.6 is 24.0 Å². The number of rotatable bonds is 9. The summed E-state index contributed by atoms with van der Waals surface area (Å²) in [6.45, 7) is 3.87. The Bertz CT molecular complexity index is 912. The van der Waals surface area contributed by atoms with Crippen molar-refractivity contribution in [1.82, 2.24) is 16.0 Å². The first kappa shape index (κ1) is 26.8. The summed E-state index contributed by atoms with van der Waals surface area (Å²) in [7, 11) is 3.30. The van der Waals surface area contributed by atoms with Crippen LogP contribution in [0.5, 0.6) is 11.5 Å². The first-order chi connectivity index (χ1) is 15.6. The van der Waals surface area contributed by atoms with Gasteiger partial charge in [-0.15, -0.1) is 24.0 Å². The maximum Gasteiger partial charge on any atom is 0.251 e. The predicted molar refractivity (Wildman–Crippen MR) is 143 cm³/mol. The Kier molecular flexibility index (Phi) is 11.3. The van der Waals surface area contributed by atoms with E-state index in [1.807, 2.05) is 43.3 Å². The number of nitrogens with zero attached hydrogens (tertiary/aromatic N) is 1. The average Bonchev–Trinajstić information content (AvgIpc) is 3.34. The van der Waals surface area contributed by atoms with Gasteiger partial charge in [0.1, 0.15) is 0 Å². The first-order valence-electron chi connectivity index (χ1n) is 11.3. The van der Waals surface area contributed by atoms with Gasteiger partial charge in [-0.2, -0.15) is 0 Å². The van der Waals surface area contributed by atoms with Crippen molar-refractivity contribution < 1.29 is 14.3 Å². The Balaban J connectivity index is 0.00000385. The summed E-state index contributed by atoms with van der Waals surface area (Å²) in [6.07, 6.45) is 4.87. The van der Waals surface area contributed by atoms with Gasteiger partial charge in [0, 0.05) is 31.3 Å². The Morgan fingerprint density at radius 3 is 2.45 bits per heavy atom. The van der Waals surface area contributed by atoms with E-state index in [9.17, 15) is 4.79 Å². The molecule has 2 aromatic carbocycles. The van der Waals surface area contributed by atoms with Crippen LogP contribution in [0.15, 0.2) is 47.5 Å². The van der Waals surface area contributed by atoms with Crippen LogP contribution in [0.1, 0.15) is 54.1 Å². The fourth-order valence-corrected chi connectivity index (χ4v) is 3.76. The number of amides is 1. The number of aliphatic imine (C=N–C) groups is 1. The molecule has 0 radical (unpaired) electrons. The molecule has 1 saturated carbocycles. The number of hydrogen-bond acceptors (Lipinski definition) is 4. The van der Waals surface area contributed by atoms with Crippen molar-refractivity contribution in [2.45, 2.75) is 51.8 Å². The van der Waals surface area contributed by atoms with Crippen molar-refractivity contribution in [1.29, 1.82) is 0 Å². The summed E-state index contributed by atoms with van der Waals surface area (Å²) >= 11 is 0. The summed E-state index contributed by atoms with van der Waals surface area (Å²) in [6, 6.07) is 13.5. The molecule has 0 bridgehead atoms. The quantitative estimate of drug-likeness (QED) is 0.240. The number of ether oxygens (including phenoxy) is 2. The van der Waals surface area contributed by atoms with Crippen LogP contribution in [-0.2, 0) is 13.1 Å². The highest BCUT2D eigenvalue weighted by atomic mass is 127. The highest BCUT2D eigenvalue weighted by Gasteiger charge is 2.20. The smallest absolute Gasteiger partial charge is 0.251 e. The molecule has 0 saturated heterocycles. The van der Waals surface area contributed by atoms with Crippen LogP contribution in [0, 0.1) is 0 Å². The van der Waals surface area contributed by atoms with E-state index < -0.39 is 0 Å². The van der Waals surface area contributed by atoms with Gasteiger partial charge < -0.3 is 25.4 Å². The lowest BCUT2D eigenvalue weighted by molar-refractivity contribution is 0.0963. The Morgan fingerprint density at radius 2 is 1.82 bits per heavy atom. The van der Waals surface area contributed by atoms with Gasteiger partial charge in [0.2, 0.25) is 0 Å². The van der Waals surface area contributed by atoms with E-state index in [0.717, 1.165) is 48.0 Å². The van der Waals surface area contributed by atoms with Crippen molar-refractivity contribution in [3.63, 3.8) is 0 Å². The normalized spacial score (nSPS) is 13.7. The Labute approximate surface area is 213 Å². The predicted octanol–water partition coefficient (Wildman–Crippen LogP) is 4.25. The molecule has 0 spiro atoms. The molecule has 8 heteroatoms. The lowest BCUT2D eigenvalue weighted by atomic mass is 10.1. The van der Waals surface area contributed by atoms with Gasteiger partial charge in [0.15, 0.2) is 17.5 Å². The molecule has 1 amide bonds. The molecular formula is C25H35IN4O3. The summed E-state index contributed by atoms with van der Waals surface area (Å²) in [4.78, 5) is 16.4. The summed E-state index contributed by atoms with van der Waals surface area (Å²) in [5, 5.41) is 9.32. The minimum atomic E-state index is -0.0935. The van der Waals surface area contributed by atoms with Gasteiger partial charge in [-0.05, 0) is 56.4 Å². The van der Waals surface area contributed by atoms with Gasteiger partial charge >= 0.3 is 0 Å². The number of para-hydroxylation sites is 1. The number of carbonyl (C=O) groups excluding carboxylic acids is 1. The molecule has 0 atom stereocenters. The van der Waals surface area contributed by atoms with E-state index in [1.165, 1.54) is 12.8 Å². The van der Waals surface area contributed by atoms with E-state index in [4.69, 9.17) is 14.5 Å². The molecule has 3 N–H and O–H groups in total. The Hall–Kier alpha value is -2.49. The van der Waals surface area contributed by atoms with E-state index in [1.54, 1.807) is 14.2 Å². The maximum atomic E-state index is 11.7. The van der Waals surface area contributed by atoms with Crippen molar-refractivity contribution in [2.75, 3.05) is 20.7 Å². The number of methoxy groups -OCH3 is 1. The molecule has 1 aliphatic rings. The van der Waals surface area contributed by atoms with Crippen LogP contribution in [0.25, 0.3) is 0 Å². The zero-order chi connectivity index (χ0) is 22.8. The second kappa shape index (κ2) is 13.9. The number of carbonyl (C=O) groups is 1. The minimum Gasteiger partial charge on any atom is -0.493 e. The number of halogens is 1. The monoisotopic (exact) mass is 566 g/mol. The second-order valence-electron chi connectivity index (χ2n) is 7.80. The third-order valence-electron chi connectivity index (χ3n) is 5.52. The SMILES string of the molecule is CCNC(=NCc1ccc(C(=O)NC)cc1)NCc1cccc(OC)c1OC1CCCC1.I. The molecule has 180 valence electrons. The van der Waals surface area contributed by atoms with E-state index in [-0.39, 0.29) is 36.0 Å². The van der Waals surface area contributed by atoms with Gasteiger partial charge in [0.05, 0.1) is 19.8 Å². The van der Waals surface area contributed by atoms with E-state index in [0.29, 0.717) is 18.7 Å². The molecule has 33 heavy (non-hydrogen) atoms. The molecule has 0 aliphatic heterocycles. The fraction of sp³-hybridized carbons (Fsp3) is 0.440. The van der Waals surface area contributed by atoms with Crippen molar-refractivity contribution in [3.05, 3.63) is 59.2 Å². The molecule has 0 aromatic heterocycles. The zero-order valence-corrected chi connectivity index (χ0v) is 22.0. The van der Waals surface area contributed by atoms with Gasteiger partial charge in [-0.25, -0.2) is 4.99 Å². The Morgan fingerprint density at radius 1 is 1.09 bits per heavy atom.